The molecule has 0 heterocycles. The average Bonchev–Trinajstić information content (AvgIpc) is 2.05. The van der Waals surface area contributed by atoms with Crippen LogP contribution in [0.25, 0.3) is 6.08 Å². The highest BCUT2D eigenvalue weighted by Crippen LogP contribution is 2.05. The Balaban J connectivity index is 2.63. The molecule has 0 spiro atoms. The molecule has 1 N–H and O–H groups in total. The molecule has 0 amide bonds. The van der Waals surface area contributed by atoms with Crippen LogP contribution in [0.2, 0.25) is 0 Å². The molecule has 0 unspecified atom stereocenters. The van der Waals surface area contributed by atoms with E-state index < -0.39 is 0 Å². The molecule has 0 aliphatic rings. The fourth-order valence-corrected chi connectivity index (χ4v) is 0.904. The normalized spacial score (nSPS) is 10.8. The van der Waals surface area contributed by atoms with Crippen molar-refractivity contribution in [1.82, 2.24) is 0 Å². The maximum absolute atomic E-state index is 12.6. The molecule has 1 nitrogen and oxygen atoms in total. The maximum Gasteiger partial charge on any atom is 0.123 e. The predicted octanol–water partition coefficient (Wildman–Crippen LogP) is 2.22. The van der Waals surface area contributed by atoms with Gasteiger partial charge < -0.3 is 5.11 Å². The second-order valence-corrected chi connectivity index (χ2v) is 2.47. The summed E-state index contributed by atoms with van der Waals surface area (Å²) in [5, 5.41) is 8.47. The lowest BCUT2D eigenvalue weighted by molar-refractivity contribution is 0.303. The van der Waals surface area contributed by atoms with E-state index in [0.29, 0.717) is 6.42 Å². The third-order valence-electron chi connectivity index (χ3n) is 1.45. The van der Waals surface area contributed by atoms with E-state index in [1.807, 2.05) is 12.1 Å². The van der Waals surface area contributed by atoms with Crippen molar-refractivity contribution in [3.63, 3.8) is 0 Å². The Morgan fingerprint density at radius 1 is 1.42 bits per heavy atom. The van der Waals surface area contributed by atoms with E-state index in [1.54, 1.807) is 12.1 Å². The van der Waals surface area contributed by atoms with Gasteiger partial charge in [-0.25, -0.2) is 4.39 Å². The fraction of sp³-hybridized carbons (Fsp3) is 0.200. The van der Waals surface area contributed by atoms with E-state index in [4.69, 9.17) is 5.11 Å². The van der Waals surface area contributed by atoms with Crippen LogP contribution in [0.4, 0.5) is 4.39 Å². The standard InChI is InChI=1S/C10H11FO/c11-10-6-3-5-9(8-10)4-1-2-7-12/h1,3-6,8,12H,2,7H2. The first kappa shape index (κ1) is 8.94. The van der Waals surface area contributed by atoms with Gasteiger partial charge in [0.25, 0.3) is 0 Å². The van der Waals surface area contributed by atoms with E-state index in [9.17, 15) is 4.39 Å². The quantitative estimate of drug-likeness (QED) is 0.730. The molecule has 12 heavy (non-hydrogen) atoms. The molecule has 0 fully saturated rings. The molecular weight excluding hydrogens is 155 g/mol. The molecule has 0 atom stereocenters. The average molecular weight is 166 g/mol. The van der Waals surface area contributed by atoms with Gasteiger partial charge in [0.05, 0.1) is 0 Å². The SMILES string of the molecule is OCCC=Cc1cccc(F)c1. The van der Waals surface area contributed by atoms with Gasteiger partial charge in [0.2, 0.25) is 0 Å². The van der Waals surface area contributed by atoms with Crippen LogP contribution in [0, 0.1) is 5.82 Å². The Bertz CT molecular complexity index is 268. The summed E-state index contributed by atoms with van der Waals surface area (Å²) in [6.07, 6.45) is 4.21. The van der Waals surface area contributed by atoms with Gasteiger partial charge in [0.1, 0.15) is 5.82 Å². The first-order valence-corrected chi connectivity index (χ1v) is 3.86. The van der Waals surface area contributed by atoms with Gasteiger partial charge in [0, 0.05) is 6.61 Å². The topological polar surface area (TPSA) is 20.2 Å². The van der Waals surface area contributed by atoms with Gasteiger partial charge in [0.15, 0.2) is 0 Å². The first-order valence-electron chi connectivity index (χ1n) is 3.86. The van der Waals surface area contributed by atoms with Crippen molar-refractivity contribution in [2.24, 2.45) is 0 Å². The summed E-state index contributed by atoms with van der Waals surface area (Å²) in [6, 6.07) is 6.34. The molecule has 64 valence electrons. The smallest absolute Gasteiger partial charge is 0.123 e. The molecule has 0 radical (unpaired) electrons. The molecule has 1 aromatic rings. The van der Waals surface area contributed by atoms with Crippen molar-refractivity contribution < 1.29 is 9.50 Å². The van der Waals surface area contributed by atoms with Gasteiger partial charge >= 0.3 is 0 Å². The minimum absolute atomic E-state index is 0.131. The maximum atomic E-state index is 12.6. The molecule has 1 aromatic carbocycles. The number of halogens is 1. The van der Waals surface area contributed by atoms with Crippen molar-refractivity contribution in [1.29, 1.82) is 0 Å². The minimum atomic E-state index is -0.235. The summed E-state index contributed by atoms with van der Waals surface area (Å²) < 4.78 is 12.6. The van der Waals surface area contributed by atoms with Gasteiger partial charge in [-0.2, -0.15) is 0 Å². The molecule has 0 saturated heterocycles. The summed E-state index contributed by atoms with van der Waals surface area (Å²) in [6.45, 7) is 0.131. The lowest BCUT2D eigenvalue weighted by atomic mass is 10.2. The number of hydrogen-bond donors (Lipinski definition) is 1. The van der Waals surface area contributed by atoms with Crippen molar-refractivity contribution in [2.75, 3.05) is 6.61 Å². The lowest BCUT2D eigenvalue weighted by Gasteiger charge is -1.92. The Morgan fingerprint density at radius 3 is 2.92 bits per heavy atom. The number of aliphatic hydroxyl groups is 1. The summed E-state index contributed by atoms with van der Waals surface area (Å²) in [5.41, 5.74) is 0.823. The zero-order valence-electron chi connectivity index (χ0n) is 6.70. The van der Waals surface area contributed by atoms with Gasteiger partial charge in [-0.05, 0) is 24.1 Å². The van der Waals surface area contributed by atoms with Crippen LogP contribution in [-0.2, 0) is 0 Å². The molecule has 0 aliphatic heterocycles. The Labute approximate surface area is 71.2 Å². The first-order chi connectivity index (χ1) is 5.83. The molecule has 1 rings (SSSR count). The summed E-state index contributed by atoms with van der Waals surface area (Å²) in [5.74, 6) is -0.235. The number of hydrogen-bond acceptors (Lipinski definition) is 1. The van der Waals surface area contributed by atoms with Crippen LogP contribution >= 0.6 is 0 Å². The van der Waals surface area contributed by atoms with E-state index in [2.05, 4.69) is 0 Å². The Kier molecular flexibility index (Phi) is 3.48. The highest BCUT2D eigenvalue weighted by molar-refractivity contribution is 5.48. The second-order valence-electron chi connectivity index (χ2n) is 2.47. The van der Waals surface area contributed by atoms with Gasteiger partial charge in [-0.15, -0.1) is 0 Å². The highest BCUT2D eigenvalue weighted by atomic mass is 19.1. The minimum Gasteiger partial charge on any atom is -0.396 e. The number of rotatable bonds is 3. The molecule has 0 aromatic heterocycles. The zero-order chi connectivity index (χ0) is 8.81. The largest absolute Gasteiger partial charge is 0.396 e. The van der Waals surface area contributed by atoms with Gasteiger partial charge in [-0.1, -0.05) is 24.3 Å². The molecular formula is C10H11FO. The third-order valence-corrected chi connectivity index (χ3v) is 1.45. The molecule has 0 aliphatic carbocycles. The van der Waals surface area contributed by atoms with E-state index >= 15 is 0 Å². The zero-order valence-corrected chi connectivity index (χ0v) is 6.70. The number of benzene rings is 1. The monoisotopic (exact) mass is 166 g/mol. The van der Waals surface area contributed by atoms with Crippen molar-refractivity contribution in [3.05, 3.63) is 41.7 Å². The van der Waals surface area contributed by atoms with Crippen LogP contribution in [0.15, 0.2) is 30.3 Å². The van der Waals surface area contributed by atoms with E-state index in [1.165, 1.54) is 12.1 Å². The van der Waals surface area contributed by atoms with Crippen LogP contribution in [0.3, 0.4) is 0 Å². The lowest BCUT2D eigenvalue weighted by Crippen LogP contribution is -1.77. The molecule has 2 heteroatoms. The predicted molar refractivity (Wildman–Crippen MR) is 47.1 cm³/mol. The molecule has 0 saturated carbocycles. The highest BCUT2D eigenvalue weighted by Gasteiger charge is 1.88. The Morgan fingerprint density at radius 2 is 2.25 bits per heavy atom. The van der Waals surface area contributed by atoms with Crippen molar-refractivity contribution >= 4 is 6.08 Å². The van der Waals surface area contributed by atoms with Gasteiger partial charge in [-0.3, -0.25) is 0 Å². The van der Waals surface area contributed by atoms with Crippen LogP contribution in [-0.4, -0.2) is 11.7 Å². The van der Waals surface area contributed by atoms with Crippen LogP contribution in [0.5, 0.6) is 0 Å². The molecule has 0 bridgehead atoms. The number of aliphatic hydroxyl groups excluding tert-OH is 1. The van der Waals surface area contributed by atoms with E-state index in [-0.39, 0.29) is 12.4 Å². The fourth-order valence-electron chi connectivity index (χ4n) is 0.904. The Hall–Kier alpha value is -1.15. The van der Waals surface area contributed by atoms with Crippen molar-refractivity contribution in [2.45, 2.75) is 6.42 Å². The summed E-state index contributed by atoms with van der Waals surface area (Å²) >= 11 is 0. The van der Waals surface area contributed by atoms with Crippen LogP contribution < -0.4 is 0 Å². The summed E-state index contributed by atoms with van der Waals surface area (Å²) in [4.78, 5) is 0. The summed E-state index contributed by atoms with van der Waals surface area (Å²) in [7, 11) is 0. The van der Waals surface area contributed by atoms with E-state index in [0.717, 1.165) is 5.56 Å². The third kappa shape index (κ3) is 2.84. The van der Waals surface area contributed by atoms with Crippen LogP contribution in [0.1, 0.15) is 12.0 Å². The van der Waals surface area contributed by atoms with Crippen molar-refractivity contribution in [3.8, 4) is 0 Å². The second kappa shape index (κ2) is 4.67.